The van der Waals surface area contributed by atoms with Gasteiger partial charge in [-0.05, 0) is 28.1 Å². The van der Waals surface area contributed by atoms with Crippen molar-refractivity contribution in [3.05, 3.63) is 29.8 Å². The highest BCUT2D eigenvalue weighted by Crippen LogP contribution is 2.04. The minimum Gasteiger partial charge on any atom is -0.449 e. The molecule has 0 bridgehead atoms. The Kier molecular flexibility index (Phi) is 3.16. The third-order valence-electron chi connectivity index (χ3n) is 1.14. The second-order valence-corrected chi connectivity index (χ2v) is 2.33. The van der Waals surface area contributed by atoms with Gasteiger partial charge in [-0.25, -0.2) is 14.2 Å². The molecule has 0 unspecified atom stereocenters. The first-order valence-electron chi connectivity index (χ1n) is 3.09. The van der Waals surface area contributed by atoms with Crippen molar-refractivity contribution in [3.63, 3.8) is 0 Å². The predicted molar refractivity (Wildman–Crippen MR) is 43.4 cm³/mol. The van der Waals surface area contributed by atoms with E-state index in [0.717, 1.165) is 6.07 Å². The van der Waals surface area contributed by atoms with Crippen LogP contribution in [0.4, 0.5) is 4.39 Å². The molecular weight excluding hydrogens is 229 g/mol. The van der Waals surface area contributed by atoms with Crippen LogP contribution in [0.1, 0.15) is 10.5 Å². The summed E-state index contributed by atoms with van der Waals surface area (Å²) in [5, 5.41) is 0. The smallest absolute Gasteiger partial charge is 0.360 e. The number of carbonyl (C=O) groups excluding carboxylic acids is 1. The van der Waals surface area contributed by atoms with E-state index in [-0.39, 0.29) is 11.2 Å². The fourth-order valence-electron chi connectivity index (χ4n) is 0.654. The average Bonchev–Trinajstić information content (AvgIpc) is 2.05. The number of pyridine rings is 1. The summed E-state index contributed by atoms with van der Waals surface area (Å²) in [5.74, 6) is -1.45. The fraction of sp³-hybridized carbons (Fsp3) is 0.143. The van der Waals surface area contributed by atoms with Crippen LogP contribution >= 0.6 is 15.9 Å². The van der Waals surface area contributed by atoms with Crippen molar-refractivity contribution in [2.75, 3.05) is 5.52 Å². The lowest BCUT2D eigenvalue weighted by Crippen LogP contribution is -2.08. The zero-order valence-corrected chi connectivity index (χ0v) is 7.54. The molecule has 0 N–H and O–H groups in total. The summed E-state index contributed by atoms with van der Waals surface area (Å²) in [7, 11) is 0. The highest BCUT2D eigenvalue weighted by atomic mass is 79.9. The monoisotopic (exact) mass is 233 g/mol. The predicted octanol–water partition coefficient (Wildman–Crippen LogP) is 1.73. The second kappa shape index (κ2) is 4.15. The molecule has 5 heteroatoms. The van der Waals surface area contributed by atoms with Crippen molar-refractivity contribution < 1.29 is 13.9 Å². The van der Waals surface area contributed by atoms with Crippen LogP contribution in [0.25, 0.3) is 0 Å². The van der Waals surface area contributed by atoms with Crippen LogP contribution < -0.4 is 0 Å². The van der Waals surface area contributed by atoms with Gasteiger partial charge >= 0.3 is 5.97 Å². The van der Waals surface area contributed by atoms with Gasteiger partial charge in [-0.1, -0.05) is 0 Å². The summed E-state index contributed by atoms with van der Waals surface area (Å²) < 4.78 is 17.3. The Morgan fingerprint density at radius 2 is 2.50 bits per heavy atom. The van der Waals surface area contributed by atoms with Gasteiger partial charge in [0.15, 0.2) is 11.5 Å². The SMILES string of the molecule is O=C(OCBr)c1ncccc1F. The van der Waals surface area contributed by atoms with E-state index in [4.69, 9.17) is 0 Å². The van der Waals surface area contributed by atoms with Gasteiger partial charge in [-0.2, -0.15) is 0 Å². The molecule has 0 atom stereocenters. The van der Waals surface area contributed by atoms with Crippen LogP contribution in [-0.2, 0) is 4.74 Å². The number of hydrogen-bond donors (Lipinski definition) is 0. The Labute approximate surface area is 76.7 Å². The molecule has 0 aliphatic heterocycles. The van der Waals surface area contributed by atoms with Crippen LogP contribution in [0.15, 0.2) is 18.3 Å². The number of aromatic nitrogens is 1. The van der Waals surface area contributed by atoms with E-state index in [1.807, 2.05) is 0 Å². The zero-order chi connectivity index (χ0) is 8.97. The summed E-state index contributed by atoms with van der Waals surface area (Å²) in [5.41, 5.74) is -0.265. The lowest BCUT2D eigenvalue weighted by atomic mass is 10.3. The molecule has 0 aromatic carbocycles. The molecule has 1 aromatic heterocycles. The third kappa shape index (κ3) is 2.01. The quantitative estimate of drug-likeness (QED) is 0.577. The third-order valence-corrected chi connectivity index (χ3v) is 1.37. The summed E-state index contributed by atoms with van der Waals surface area (Å²) in [4.78, 5) is 14.4. The molecule has 1 heterocycles. The van der Waals surface area contributed by atoms with E-state index in [0.29, 0.717) is 0 Å². The maximum atomic E-state index is 12.8. The second-order valence-electron chi connectivity index (χ2n) is 1.87. The first-order chi connectivity index (χ1) is 5.75. The van der Waals surface area contributed by atoms with Gasteiger partial charge in [0.05, 0.1) is 0 Å². The maximum Gasteiger partial charge on any atom is 0.360 e. The molecular formula is C7H5BrFNO2. The molecule has 12 heavy (non-hydrogen) atoms. The zero-order valence-electron chi connectivity index (χ0n) is 5.96. The van der Waals surface area contributed by atoms with Crippen LogP contribution in [0.5, 0.6) is 0 Å². The Morgan fingerprint density at radius 3 is 3.08 bits per heavy atom. The highest BCUT2D eigenvalue weighted by molar-refractivity contribution is 9.09. The van der Waals surface area contributed by atoms with Gasteiger partial charge in [-0.15, -0.1) is 0 Å². The molecule has 64 valence electrons. The molecule has 0 amide bonds. The fourth-order valence-corrected chi connectivity index (χ4v) is 0.862. The molecule has 1 rings (SSSR count). The minimum absolute atomic E-state index is 0.0296. The molecule has 0 aliphatic carbocycles. The number of nitrogens with zero attached hydrogens (tertiary/aromatic N) is 1. The first kappa shape index (κ1) is 9.12. The van der Waals surface area contributed by atoms with Crippen molar-refractivity contribution in [2.45, 2.75) is 0 Å². The number of hydrogen-bond acceptors (Lipinski definition) is 3. The number of rotatable bonds is 2. The van der Waals surface area contributed by atoms with E-state index in [2.05, 4.69) is 25.7 Å². The lowest BCUT2D eigenvalue weighted by molar-refractivity contribution is 0.0571. The van der Waals surface area contributed by atoms with Crippen molar-refractivity contribution in [3.8, 4) is 0 Å². The van der Waals surface area contributed by atoms with E-state index >= 15 is 0 Å². The van der Waals surface area contributed by atoms with Crippen molar-refractivity contribution in [1.29, 1.82) is 0 Å². The van der Waals surface area contributed by atoms with E-state index < -0.39 is 11.8 Å². The van der Waals surface area contributed by atoms with Gasteiger partial charge in [0.2, 0.25) is 0 Å². The number of halogens is 2. The topological polar surface area (TPSA) is 39.2 Å². The molecule has 1 aromatic rings. The van der Waals surface area contributed by atoms with E-state index in [9.17, 15) is 9.18 Å². The van der Waals surface area contributed by atoms with Crippen LogP contribution in [0.3, 0.4) is 0 Å². The molecule has 0 saturated carbocycles. The lowest BCUT2D eigenvalue weighted by Gasteiger charge is -1.99. The van der Waals surface area contributed by atoms with Gasteiger partial charge in [0.1, 0.15) is 5.52 Å². The first-order valence-corrected chi connectivity index (χ1v) is 4.21. The number of ether oxygens (including phenoxy) is 1. The molecule has 3 nitrogen and oxygen atoms in total. The summed E-state index contributed by atoms with van der Waals surface area (Å²) in [6, 6.07) is 2.55. The normalized spacial score (nSPS) is 9.50. The maximum absolute atomic E-state index is 12.8. The number of esters is 1. The van der Waals surface area contributed by atoms with Gasteiger partial charge in [0, 0.05) is 6.20 Å². The van der Waals surface area contributed by atoms with E-state index in [1.165, 1.54) is 12.3 Å². The number of alkyl halides is 1. The van der Waals surface area contributed by atoms with Crippen molar-refractivity contribution >= 4 is 21.9 Å². The molecule has 0 radical (unpaired) electrons. The molecule has 0 fully saturated rings. The van der Waals surface area contributed by atoms with Crippen molar-refractivity contribution in [2.24, 2.45) is 0 Å². The Balaban J connectivity index is 2.87. The minimum atomic E-state index is -0.773. The summed E-state index contributed by atoms with van der Waals surface area (Å²) in [6.07, 6.45) is 1.33. The van der Waals surface area contributed by atoms with Crippen molar-refractivity contribution in [1.82, 2.24) is 4.98 Å². The van der Waals surface area contributed by atoms with Gasteiger partial charge in [0.25, 0.3) is 0 Å². The summed E-state index contributed by atoms with van der Waals surface area (Å²) >= 11 is 2.88. The molecule has 0 aliphatic rings. The highest BCUT2D eigenvalue weighted by Gasteiger charge is 2.12. The Morgan fingerprint density at radius 1 is 1.75 bits per heavy atom. The average molecular weight is 234 g/mol. The number of carbonyl (C=O) groups is 1. The molecule has 0 spiro atoms. The Bertz CT molecular complexity index is 292. The largest absolute Gasteiger partial charge is 0.449 e. The van der Waals surface area contributed by atoms with Gasteiger partial charge < -0.3 is 4.74 Å². The standard InChI is InChI=1S/C7H5BrFNO2/c8-4-12-7(11)6-5(9)2-1-3-10-6/h1-3H,4H2. The molecule has 0 saturated heterocycles. The van der Waals surface area contributed by atoms with Gasteiger partial charge in [-0.3, -0.25) is 0 Å². The van der Waals surface area contributed by atoms with Crippen LogP contribution in [0, 0.1) is 5.82 Å². The summed E-state index contributed by atoms with van der Waals surface area (Å²) in [6.45, 7) is 0. The van der Waals surface area contributed by atoms with Crippen LogP contribution in [0.2, 0.25) is 0 Å². The Hall–Kier alpha value is -0.970. The van der Waals surface area contributed by atoms with E-state index in [1.54, 1.807) is 0 Å². The van der Waals surface area contributed by atoms with Crippen LogP contribution in [-0.4, -0.2) is 16.5 Å².